The number of nitrogens with zero attached hydrogens (tertiary/aromatic N) is 5. The van der Waals surface area contributed by atoms with E-state index in [1.807, 2.05) is 6.92 Å². The Morgan fingerprint density at radius 1 is 1.08 bits per heavy atom. The molecule has 0 aliphatic carbocycles. The van der Waals surface area contributed by atoms with Crippen molar-refractivity contribution >= 4 is 73.9 Å². The summed E-state index contributed by atoms with van der Waals surface area (Å²) in [5, 5.41) is 29.1. The Balaban J connectivity index is 1.56. The molecule has 29 heteroatoms. The van der Waals surface area contributed by atoms with Crippen LogP contribution in [-0.4, -0.2) is 123 Å². The number of aliphatic hydroxyl groups is 2. The van der Waals surface area contributed by atoms with Gasteiger partial charge in [-0.15, -0.1) is 4.91 Å². The third-order valence-corrected chi connectivity index (χ3v) is 12.4. The van der Waals surface area contributed by atoms with Crippen molar-refractivity contribution in [1.82, 2.24) is 30.2 Å². The SMILES string of the molecule is CCSSCCNC(=O)CCNC(=O)[C@@H](O)C(C)(C)COP(=O)(O)OP(=O)(O)OC[C@H]1O[C@@H](n2cnc3c(N=O)ncnc32)C(O)[C@H]1OP(=O)(O)O. The zero-order valence-corrected chi connectivity index (χ0v) is 31.9. The lowest BCUT2D eigenvalue weighted by atomic mass is 9.87. The van der Waals surface area contributed by atoms with Crippen molar-refractivity contribution in [3.8, 4) is 0 Å². The molecular weight excluding hydrogens is 803 g/mol. The number of ether oxygens (including phenoxy) is 1. The highest BCUT2D eigenvalue weighted by atomic mass is 33.1. The van der Waals surface area contributed by atoms with Crippen molar-refractivity contribution in [2.75, 3.05) is 37.8 Å². The first-order chi connectivity index (χ1) is 24.2. The molecule has 294 valence electrons. The van der Waals surface area contributed by atoms with E-state index >= 15 is 0 Å². The Bertz CT molecular complexity index is 1700. The molecule has 3 rings (SSSR count). The van der Waals surface area contributed by atoms with Gasteiger partial charge in [-0.05, 0) is 5.18 Å². The topological polar surface area (TPSA) is 350 Å². The molecule has 24 nitrogen and oxygen atoms in total. The Morgan fingerprint density at radius 3 is 2.42 bits per heavy atom. The molecule has 0 saturated carbocycles. The van der Waals surface area contributed by atoms with Crippen LogP contribution in [0.3, 0.4) is 0 Å². The fourth-order valence-electron chi connectivity index (χ4n) is 4.35. The Labute approximate surface area is 302 Å². The van der Waals surface area contributed by atoms with Crippen molar-refractivity contribution in [1.29, 1.82) is 0 Å². The van der Waals surface area contributed by atoms with Crippen LogP contribution in [0.5, 0.6) is 0 Å². The average Bonchev–Trinajstić information content (AvgIpc) is 3.61. The van der Waals surface area contributed by atoms with Crippen LogP contribution in [0.15, 0.2) is 17.8 Å². The standard InChI is InChI=1S/C23H38N7O17P3S2/c1-4-51-52-8-7-24-14(31)5-6-25-21(34)18(33)23(2,3)10-44-50(41,42)47-49(39,40)43-9-13-17(46-48(36,37)38)16(32)22(45-13)30-12-28-15-19(29-35)26-11-27-20(15)30/h11-13,16-18,22,32-33H,4-10H2,1-3H3,(H,24,31)(H,25,34)(H,39,40)(H,41,42)(H2,36,37,38)/t13-,16?,17+,18-,22-/m1/s1. The number of nitroso groups, excluding NO2 is 1. The molecule has 0 aromatic carbocycles. The predicted octanol–water partition coefficient (Wildman–Crippen LogP) is 0.622. The van der Waals surface area contributed by atoms with Crippen molar-refractivity contribution < 1.29 is 75.7 Å². The fourth-order valence-corrected chi connectivity index (χ4v) is 8.75. The lowest BCUT2D eigenvalue weighted by molar-refractivity contribution is -0.137. The number of amides is 2. The molecule has 2 amide bonds. The molecule has 0 spiro atoms. The molecule has 7 atom stereocenters. The van der Waals surface area contributed by atoms with Gasteiger partial charge in [0.25, 0.3) is 0 Å². The molecule has 52 heavy (non-hydrogen) atoms. The summed E-state index contributed by atoms with van der Waals surface area (Å²) in [4.78, 5) is 85.9. The Hall–Kier alpha value is -1.96. The highest BCUT2D eigenvalue weighted by molar-refractivity contribution is 8.76. The van der Waals surface area contributed by atoms with Crippen LogP contribution in [0.2, 0.25) is 0 Å². The average molecular weight is 842 g/mol. The third-order valence-electron chi connectivity index (χ3n) is 6.83. The second-order valence-corrected chi connectivity index (χ2v) is 18.4. The number of nitrogens with one attached hydrogen (secondary N) is 2. The van der Waals surface area contributed by atoms with Gasteiger partial charge in [-0.2, -0.15) is 4.31 Å². The van der Waals surface area contributed by atoms with Crippen LogP contribution in [0, 0.1) is 10.3 Å². The van der Waals surface area contributed by atoms with E-state index in [1.54, 1.807) is 21.6 Å². The molecule has 2 aromatic rings. The zero-order valence-electron chi connectivity index (χ0n) is 27.6. The molecule has 3 unspecified atom stereocenters. The number of rotatable bonds is 22. The maximum atomic E-state index is 12.6. The summed E-state index contributed by atoms with van der Waals surface area (Å²) in [7, 11) is -13.2. The van der Waals surface area contributed by atoms with E-state index in [0.29, 0.717) is 12.3 Å². The van der Waals surface area contributed by atoms with Crippen LogP contribution in [0.25, 0.3) is 11.2 Å². The molecule has 1 aliphatic heterocycles. The minimum atomic E-state index is -5.58. The molecule has 1 saturated heterocycles. The molecule has 1 aliphatic rings. The van der Waals surface area contributed by atoms with Crippen LogP contribution in [0.4, 0.5) is 5.82 Å². The van der Waals surface area contributed by atoms with E-state index in [-0.39, 0.29) is 35.9 Å². The number of fused-ring (bicyclic) bond motifs is 1. The minimum absolute atomic E-state index is 0.0838. The van der Waals surface area contributed by atoms with Gasteiger partial charge >= 0.3 is 23.5 Å². The largest absolute Gasteiger partial charge is 0.481 e. The molecule has 8 N–H and O–H groups in total. The maximum Gasteiger partial charge on any atom is 0.481 e. The summed E-state index contributed by atoms with van der Waals surface area (Å²) < 4.78 is 61.8. The lowest BCUT2D eigenvalue weighted by Gasteiger charge is -2.30. The summed E-state index contributed by atoms with van der Waals surface area (Å²) >= 11 is 0. The van der Waals surface area contributed by atoms with E-state index < -0.39 is 78.6 Å². The Kier molecular flexibility index (Phi) is 16.3. The Morgan fingerprint density at radius 2 is 1.77 bits per heavy atom. The van der Waals surface area contributed by atoms with Gasteiger partial charge in [-0.25, -0.2) is 28.6 Å². The summed E-state index contributed by atoms with van der Waals surface area (Å²) in [6, 6.07) is 0. The smallest absolute Gasteiger partial charge is 0.386 e. The zero-order chi connectivity index (χ0) is 38.9. The molecular formula is C23H38N7O17P3S2. The van der Waals surface area contributed by atoms with Gasteiger partial charge in [-0.1, -0.05) is 42.4 Å². The lowest BCUT2D eigenvalue weighted by Crippen LogP contribution is -2.46. The quantitative estimate of drug-likeness (QED) is 0.0348. The van der Waals surface area contributed by atoms with Crippen molar-refractivity contribution in [2.24, 2.45) is 10.6 Å². The molecule has 0 bridgehead atoms. The number of imidazole rings is 1. The van der Waals surface area contributed by atoms with Gasteiger partial charge in [0.15, 0.2) is 17.4 Å². The van der Waals surface area contributed by atoms with Crippen LogP contribution < -0.4 is 10.6 Å². The number of hydrogen-bond acceptors (Lipinski definition) is 19. The third kappa shape index (κ3) is 13.1. The number of phosphoric acid groups is 3. The van der Waals surface area contributed by atoms with Gasteiger partial charge in [0.1, 0.15) is 30.7 Å². The molecule has 0 radical (unpaired) electrons. The van der Waals surface area contributed by atoms with Crippen molar-refractivity contribution in [3.05, 3.63) is 17.6 Å². The number of carbonyl (C=O) groups excluding carboxylic acids is 2. The van der Waals surface area contributed by atoms with Gasteiger partial charge in [0.05, 0.1) is 19.5 Å². The normalized spacial score (nSPS) is 22.4. The van der Waals surface area contributed by atoms with E-state index in [9.17, 15) is 58.0 Å². The number of phosphoric ester groups is 3. The second-order valence-electron chi connectivity index (χ2n) is 11.3. The number of hydrogen-bond donors (Lipinski definition) is 8. The van der Waals surface area contributed by atoms with Crippen LogP contribution in [0.1, 0.15) is 33.4 Å². The van der Waals surface area contributed by atoms with Crippen LogP contribution in [-0.2, 0) is 45.9 Å². The minimum Gasteiger partial charge on any atom is -0.386 e. The van der Waals surface area contributed by atoms with Crippen LogP contribution >= 0.6 is 45.1 Å². The first-order valence-electron chi connectivity index (χ1n) is 14.9. The monoisotopic (exact) mass is 841 g/mol. The van der Waals surface area contributed by atoms with Crippen molar-refractivity contribution in [2.45, 2.75) is 57.8 Å². The molecule has 3 heterocycles. The number of aliphatic hydroxyl groups excluding tert-OH is 2. The molecule has 2 aromatic heterocycles. The van der Waals surface area contributed by atoms with E-state index in [0.717, 1.165) is 23.0 Å². The maximum absolute atomic E-state index is 12.6. The number of aromatic nitrogens is 4. The van der Waals surface area contributed by atoms with Gasteiger partial charge in [-0.3, -0.25) is 27.7 Å². The fraction of sp³-hybridized carbons (Fsp3) is 0.696. The first-order valence-corrected chi connectivity index (χ1v) is 21.9. The van der Waals surface area contributed by atoms with Gasteiger partial charge in [0.2, 0.25) is 17.6 Å². The van der Waals surface area contributed by atoms with Gasteiger partial charge in [0, 0.05) is 36.4 Å². The summed E-state index contributed by atoms with van der Waals surface area (Å²) in [5.74, 6) is -0.0307. The summed E-state index contributed by atoms with van der Waals surface area (Å²) in [5.41, 5.74) is -1.83. The predicted molar refractivity (Wildman–Crippen MR) is 181 cm³/mol. The highest BCUT2D eigenvalue weighted by Crippen LogP contribution is 2.61. The van der Waals surface area contributed by atoms with E-state index in [2.05, 4.69) is 39.6 Å². The first kappa shape index (κ1) is 44.4. The van der Waals surface area contributed by atoms with E-state index in [4.69, 9.17) is 13.8 Å². The number of carbonyl (C=O) groups is 2. The van der Waals surface area contributed by atoms with Crippen molar-refractivity contribution in [3.63, 3.8) is 0 Å². The van der Waals surface area contributed by atoms with Gasteiger partial charge < -0.3 is 45.2 Å². The van der Waals surface area contributed by atoms with E-state index in [1.165, 1.54) is 13.8 Å². The second kappa shape index (κ2) is 19.1. The highest BCUT2D eigenvalue weighted by Gasteiger charge is 2.50. The summed E-state index contributed by atoms with van der Waals surface area (Å²) in [6.45, 7) is 2.80. The molecule has 1 fully saturated rings. The summed E-state index contributed by atoms with van der Waals surface area (Å²) in [6.07, 6.45) is -7.22.